The van der Waals surface area contributed by atoms with Gasteiger partial charge in [0, 0.05) is 81.5 Å². The van der Waals surface area contributed by atoms with Gasteiger partial charge in [-0.25, -0.2) is 15.0 Å². The Labute approximate surface area is 237 Å². The first-order valence-corrected chi connectivity index (χ1v) is 14.1. The first-order chi connectivity index (χ1) is 19.3. The van der Waals surface area contributed by atoms with Crippen LogP contribution in [0.2, 0.25) is 0 Å². The Morgan fingerprint density at radius 2 is 1.80 bits per heavy atom. The number of nitrogens with one attached hydrogen (secondary N) is 2. The normalized spacial score (nSPS) is 14.6. The van der Waals surface area contributed by atoms with E-state index < -0.39 is 5.97 Å². The molecule has 4 rings (SSSR count). The molecule has 1 aromatic carbocycles. The van der Waals surface area contributed by atoms with Crippen molar-refractivity contribution in [2.24, 2.45) is 0 Å². The molecule has 1 fully saturated rings. The minimum atomic E-state index is -0.769. The zero-order valence-electron chi connectivity index (χ0n) is 24.0. The van der Waals surface area contributed by atoms with Gasteiger partial charge in [-0.3, -0.25) is 14.6 Å². The first-order valence-electron chi connectivity index (χ1n) is 14.1. The number of hydrogen-bond acceptors (Lipinski definition) is 9. The van der Waals surface area contributed by atoms with E-state index in [0.717, 1.165) is 68.6 Å². The number of aliphatic carboxylic acids is 1. The molecule has 0 spiro atoms. The number of carboxylic acid groups (broad SMARTS) is 1. The van der Waals surface area contributed by atoms with E-state index in [2.05, 4.69) is 77.4 Å². The molecule has 10 heteroatoms. The lowest BCUT2D eigenvalue weighted by Crippen LogP contribution is -2.47. The first kappa shape index (κ1) is 29.4. The topological polar surface area (TPSA) is 110 Å². The molecule has 0 aliphatic carbocycles. The van der Waals surface area contributed by atoms with Gasteiger partial charge in [-0.1, -0.05) is 26.0 Å². The molecule has 1 saturated heterocycles. The minimum absolute atomic E-state index is 0.110. The second-order valence-electron chi connectivity index (χ2n) is 10.8. The van der Waals surface area contributed by atoms with Crippen LogP contribution in [0.25, 0.3) is 11.3 Å². The lowest BCUT2D eigenvalue weighted by molar-refractivity contribution is -0.138. The molecule has 1 aliphatic heterocycles. The van der Waals surface area contributed by atoms with E-state index in [1.165, 1.54) is 5.56 Å². The van der Waals surface area contributed by atoms with E-state index in [1.54, 1.807) is 6.20 Å². The predicted molar refractivity (Wildman–Crippen MR) is 160 cm³/mol. The third kappa shape index (κ3) is 8.70. The van der Waals surface area contributed by atoms with Gasteiger partial charge < -0.3 is 20.6 Å². The zero-order chi connectivity index (χ0) is 28.5. The Bertz CT molecular complexity index is 1230. The number of benzene rings is 1. The van der Waals surface area contributed by atoms with Crippen LogP contribution in [0.4, 0.5) is 17.5 Å². The van der Waals surface area contributed by atoms with E-state index in [0.29, 0.717) is 18.0 Å². The lowest BCUT2D eigenvalue weighted by atomic mass is 10.1. The van der Waals surface area contributed by atoms with Crippen LogP contribution < -0.4 is 15.5 Å². The van der Waals surface area contributed by atoms with Crippen LogP contribution in [-0.2, 0) is 11.3 Å². The van der Waals surface area contributed by atoms with Gasteiger partial charge in [0.2, 0.25) is 5.95 Å². The molecule has 0 atom stereocenters. The summed E-state index contributed by atoms with van der Waals surface area (Å²) in [5.74, 6) is 0.719. The number of aromatic nitrogens is 3. The molecular formula is C30H42N8O2. The summed E-state index contributed by atoms with van der Waals surface area (Å²) in [6.45, 7) is 14.7. The fourth-order valence-electron chi connectivity index (χ4n) is 4.83. The summed E-state index contributed by atoms with van der Waals surface area (Å²) in [7, 11) is 0. The molecule has 0 amide bonds. The average molecular weight is 547 g/mol. The van der Waals surface area contributed by atoms with Crippen LogP contribution in [0.5, 0.6) is 0 Å². The van der Waals surface area contributed by atoms with Gasteiger partial charge in [0.05, 0.1) is 12.2 Å². The zero-order valence-corrected chi connectivity index (χ0v) is 24.0. The summed E-state index contributed by atoms with van der Waals surface area (Å²) in [6, 6.07) is 15.1. The van der Waals surface area contributed by atoms with Crippen molar-refractivity contribution in [1.29, 1.82) is 0 Å². The molecule has 0 bridgehead atoms. The Morgan fingerprint density at radius 3 is 2.48 bits per heavy atom. The van der Waals surface area contributed by atoms with Crippen LogP contribution in [0.1, 0.15) is 33.3 Å². The fraction of sp³-hybridized carbons (Fsp3) is 0.467. The molecule has 2 aromatic heterocycles. The number of hydrogen-bond donors (Lipinski definition) is 3. The van der Waals surface area contributed by atoms with E-state index in [9.17, 15) is 4.79 Å². The number of carboxylic acids is 1. The Balaban J connectivity index is 1.37. The smallest absolute Gasteiger partial charge is 0.317 e. The van der Waals surface area contributed by atoms with Crippen molar-refractivity contribution in [3.8, 4) is 11.3 Å². The van der Waals surface area contributed by atoms with Crippen molar-refractivity contribution in [1.82, 2.24) is 30.1 Å². The van der Waals surface area contributed by atoms with Crippen molar-refractivity contribution in [2.45, 2.75) is 46.3 Å². The molecule has 3 heterocycles. The van der Waals surface area contributed by atoms with Crippen LogP contribution in [-0.4, -0.2) is 93.7 Å². The summed E-state index contributed by atoms with van der Waals surface area (Å²) in [5, 5.41) is 15.8. The standard InChI is InChI=1S/C30H42N8O2/c1-22(2)31-12-13-38(23(3)4)28-9-8-25(19-33-28)27-10-11-32-30(35-27)34-26-7-5-6-24(18-26)20-36-14-16-37(17-15-36)21-29(39)40/h5-11,18-19,22-23,31H,12-17,20-21H2,1-4H3,(H,39,40)(H,32,34,35). The highest BCUT2D eigenvalue weighted by Gasteiger charge is 2.19. The van der Waals surface area contributed by atoms with Gasteiger partial charge in [0.15, 0.2) is 0 Å². The molecule has 40 heavy (non-hydrogen) atoms. The highest BCUT2D eigenvalue weighted by atomic mass is 16.4. The van der Waals surface area contributed by atoms with Crippen molar-refractivity contribution >= 4 is 23.4 Å². The Morgan fingerprint density at radius 1 is 1.02 bits per heavy atom. The Kier molecular flexibility index (Phi) is 10.4. The van der Waals surface area contributed by atoms with Crippen molar-refractivity contribution in [3.63, 3.8) is 0 Å². The molecule has 3 N–H and O–H groups in total. The molecule has 10 nitrogen and oxygen atoms in total. The minimum Gasteiger partial charge on any atom is -0.480 e. The van der Waals surface area contributed by atoms with E-state index in [4.69, 9.17) is 15.1 Å². The number of rotatable bonds is 13. The number of carbonyl (C=O) groups is 1. The largest absolute Gasteiger partial charge is 0.480 e. The van der Waals surface area contributed by atoms with Gasteiger partial charge in [-0.15, -0.1) is 0 Å². The molecule has 0 saturated carbocycles. The second-order valence-corrected chi connectivity index (χ2v) is 10.8. The Hall–Kier alpha value is -3.60. The van der Waals surface area contributed by atoms with Crippen LogP contribution in [0.15, 0.2) is 54.9 Å². The number of piperazine rings is 1. The fourth-order valence-corrected chi connectivity index (χ4v) is 4.83. The quantitative estimate of drug-likeness (QED) is 0.294. The third-order valence-electron chi connectivity index (χ3n) is 6.94. The van der Waals surface area contributed by atoms with Crippen LogP contribution in [0, 0.1) is 0 Å². The van der Waals surface area contributed by atoms with E-state index >= 15 is 0 Å². The summed E-state index contributed by atoms with van der Waals surface area (Å²) >= 11 is 0. The number of anilines is 3. The van der Waals surface area contributed by atoms with E-state index in [-0.39, 0.29) is 6.54 Å². The highest BCUT2D eigenvalue weighted by molar-refractivity contribution is 5.69. The summed E-state index contributed by atoms with van der Waals surface area (Å²) < 4.78 is 0. The molecule has 1 aliphatic rings. The molecule has 0 unspecified atom stereocenters. The van der Waals surface area contributed by atoms with Gasteiger partial charge in [-0.2, -0.15) is 0 Å². The van der Waals surface area contributed by atoms with Crippen molar-refractivity contribution < 1.29 is 9.90 Å². The van der Waals surface area contributed by atoms with Crippen LogP contribution in [0.3, 0.4) is 0 Å². The average Bonchev–Trinajstić information content (AvgIpc) is 2.92. The van der Waals surface area contributed by atoms with Crippen molar-refractivity contribution in [3.05, 3.63) is 60.4 Å². The van der Waals surface area contributed by atoms with Gasteiger partial charge in [0.1, 0.15) is 5.82 Å². The number of nitrogens with zero attached hydrogens (tertiary/aromatic N) is 6. The van der Waals surface area contributed by atoms with Crippen molar-refractivity contribution in [2.75, 3.05) is 56.0 Å². The highest BCUT2D eigenvalue weighted by Crippen LogP contribution is 2.23. The maximum atomic E-state index is 11.0. The summed E-state index contributed by atoms with van der Waals surface area (Å²) in [6.07, 6.45) is 3.64. The van der Waals surface area contributed by atoms with Gasteiger partial charge in [0.25, 0.3) is 0 Å². The monoisotopic (exact) mass is 546 g/mol. The van der Waals surface area contributed by atoms with Crippen LogP contribution >= 0.6 is 0 Å². The summed E-state index contributed by atoms with van der Waals surface area (Å²) in [5.41, 5.74) is 3.86. The molecular weight excluding hydrogens is 504 g/mol. The van der Waals surface area contributed by atoms with Gasteiger partial charge >= 0.3 is 5.97 Å². The molecule has 0 radical (unpaired) electrons. The maximum absolute atomic E-state index is 11.0. The van der Waals surface area contributed by atoms with E-state index in [1.807, 2.05) is 29.3 Å². The molecule has 3 aromatic rings. The maximum Gasteiger partial charge on any atom is 0.317 e. The second kappa shape index (κ2) is 14.2. The number of pyridine rings is 1. The third-order valence-corrected chi connectivity index (χ3v) is 6.94. The predicted octanol–water partition coefficient (Wildman–Crippen LogP) is 3.70. The summed E-state index contributed by atoms with van der Waals surface area (Å²) in [4.78, 5) is 31.5. The SMILES string of the molecule is CC(C)NCCN(c1ccc(-c2ccnc(Nc3cccc(CN4CCN(CC(=O)O)CC4)c3)n2)cn1)C(C)C. The molecule has 214 valence electrons. The van der Waals surface area contributed by atoms with Gasteiger partial charge in [-0.05, 0) is 49.7 Å². The lowest BCUT2D eigenvalue weighted by Gasteiger charge is -2.33.